The molecule has 0 saturated carbocycles. The molecule has 2 aromatic rings. The van der Waals surface area contributed by atoms with Crippen LogP contribution in [0.15, 0.2) is 29.9 Å². The van der Waals surface area contributed by atoms with Crippen LogP contribution in [-0.2, 0) is 0 Å². The molecule has 1 atom stereocenters. The van der Waals surface area contributed by atoms with Gasteiger partial charge in [0, 0.05) is 29.9 Å². The summed E-state index contributed by atoms with van der Waals surface area (Å²) in [5.74, 6) is 0.380. The molecule has 1 aliphatic heterocycles. The van der Waals surface area contributed by atoms with E-state index in [1.54, 1.807) is 24.5 Å². The Morgan fingerprint density at radius 2 is 2.10 bits per heavy atom. The van der Waals surface area contributed by atoms with Crippen LogP contribution >= 0.6 is 11.3 Å². The molecule has 7 heteroatoms. The van der Waals surface area contributed by atoms with Crippen LogP contribution in [0.25, 0.3) is 10.6 Å². The number of rotatable bonds is 2. The largest absolute Gasteiger partial charge is 0.408 e. The Morgan fingerprint density at radius 1 is 1.25 bits per heavy atom. The number of alkyl halides is 3. The van der Waals surface area contributed by atoms with Crippen LogP contribution in [0.5, 0.6) is 0 Å². The van der Waals surface area contributed by atoms with Crippen LogP contribution in [0, 0.1) is 0 Å². The lowest BCUT2D eigenvalue weighted by atomic mass is 10.2. The van der Waals surface area contributed by atoms with Crippen molar-refractivity contribution in [3.63, 3.8) is 0 Å². The minimum absolute atomic E-state index is 0.138. The summed E-state index contributed by atoms with van der Waals surface area (Å²) < 4.78 is 38.8. The van der Waals surface area contributed by atoms with E-state index in [-0.39, 0.29) is 6.42 Å². The average molecular weight is 299 g/mol. The highest BCUT2D eigenvalue weighted by Crippen LogP contribution is 2.35. The Labute approximate surface area is 118 Å². The van der Waals surface area contributed by atoms with Crippen molar-refractivity contribution in [3.8, 4) is 10.6 Å². The predicted molar refractivity (Wildman–Crippen MR) is 71.8 cm³/mol. The molecule has 106 valence electrons. The second kappa shape index (κ2) is 5.05. The molecule has 0 unspecified atom stereocenters. The Kier molecular flexibility index (Phi) is 3.37. The molecule has 20 heavy (non-hydrogen) atoms. The van der Waals surface area contributed by atoms with Gasteiger partial charge in [0.25, 0.3) is 0 Å². The summed E-state index contributed by atoms with van der Waals surface area (Å²) in [6.07, 6.45) is -0.250. The lowest BCUT2D eigenvalue weighted by molar-refractivity contribution is -0.146. The third-order valence-electron chi connectivity index (χ3n) is 3.35. The fourth-order valence-corrected chi connectivity index (χ4v) is 3.06. The Bertz CT molecular complexity index is 566. The first-order chi connectivity index (χ1) is 9.55. The van der Waals surface area contributed by atoms with Gasteiger partial charge in [-0.2, -0.15) is 13.2 Å². The highest BCUT2D eigenvalue weighted by Gasteiger charge is 2.46. The van der Waals surface area contributed by atoms with Gasteiger partial charge in [-0.15, -0.1) is 11.3 Å². The maximum Gasteiger partial charge on any atom is 0.408 e. The predicted octanol–water partition coefficient (Wildman–Crippen LogP) is 3.74. The number of anilines is 1. The standard InChI is InChI=1S/C13H12F3N3S/c14-13(15,16)10-2-1-6-19(10)11-4-3-9(8-18-11)12-17-5-7-20-12/h3-5,7-8,10H,1-2,6H2/t10-/m1/s1. The third kappa shape index (κ3) is 2.49. The molecule has 1 fully saturated rings. The van der Waals surface area contributed by atoms with Gasteiger partial charge in [0.15, 0.2) is 0 Å². The summed E-state index contributed by atoms with van der Waals surface area (Å²) in [6.45, 7) is 0.397. The van der Waals surface area contributed by atoms with Crippen LogP contribution in [-0.4, -0.2) is 28.7 Å². The van der Waals surface area contributed by atoms with Gasteiger partial charge < -0.3 is 4.90 Å². The van der Waals surface area contributed by atoms with E-state index in [4.69, 9.17) is 0 Å². The topological polar surface area (TPSA) is 29.0 Å². The highest BCUT2D eigenvalue weighted by atomic mass is 32.1. The zero-order chi connectivity index (χ0) is 14.2. The van der Waals surface area contributed by atoms with E-state index in [9.17, 15) is 13.2 Å². The van der Waals surface area contributed by atoms with Crippen molar-refractivity contribution < 1.29 is 13.2 Å². The van der Waals surface area contributed by atoms with Crippen molar-refractivity contribution in [2.45, 2.75) is 25.1 Å². The fraction of sp³-hybridized carbons (Fsp3) is 0.385. The summed E-state index contributed by atoms with van der Waals surface area (Å²) in [5.41, 5.74) is 0.825. The quantitative estimate of drug-likeness (QED) is 0.846. The molecule has 3 nitrogen and oxygen atoms in total. The van der Waals surface area contributed by atoms with E-state index in [0.717, 1.165) is 10.6 Å². The number of halogens is 3. The van der Waals surface area contributed by atoms with Crippen molar-refractivity contribution >= 4 is 17.2 Å². The fourth-order valence-electron chi connectivity index (χ4n) is 2.43. The first-order valence-electron chi connectivity index (χ1n) is 6.25. The summed E-state index contributed by atoms with van der Waals surface area (Å²) in [5, 5.41) is 2.67. The zero-order valence-corrected chi connectivity index (χ0v) is 11.3. The van der Waals surface area contributed by atoms with E-state index >= 15 is 0 Å². The second-order valence-corrected chi connectivity index (χ2v) is 5.53. The molecule has 0 spiro atoms. The Morgan fingerprint density at radius 3 is 2.70 bits per heavy atom. The van der Waals surface area contributed by atoms with E-state index in [1.807, 2.05) is 5.38 Å². The van der Waals surface area contributed by atoms with Gasteiger partial charge in [-0.25, -0.2) is 9.97 Å². The number of nitrogens with zero attached hydrogens (tertiary/aromatic N) is 3. The molecule has 0 N–H and O–H groups in total. The smallest absolute Gasteiger partial charge is 0.345 e. The van der Waals surface area contributed by atoms with Gasteiger partial charge in [-0.1, -0.05) is 0 Å². The van der Waals surface area contributed by atoms with Crippen molar-refractivity contribution in [2.24, 2.45) is 0 Å². The van der Waals surface area contributed by atoms with E-state index < -0.39 is 12.2 Å². The molecule has 0 bridgehead atoms. The zero-order valence-electron chi connectivity index (χ0n) is 10.5. The first-order valence-corrected chi connectivity index (χ1v) is 7.13. The van der Waals surface area contributed by atoms with Crippen molar-refractivity contribution in [1.82, 2.24) is 9.97 Å². The van der Waals surface area contributed by atoms with E-state index in [2.05, 4.69) is 9.97 Å². The van der Waals surface area contributed by atoms with Crippen molar-refractivity contribution in [2.75, 3.05) is 11.4 Å². The average Bonchev–Trinajstić information content (AvgIpc) is 3.10. The molecule has 1 aliphatic rings. The minimum atomic E-state index is -4.20. The molecule has 0 amide bonds. The lowest BCUT2D eigenvalue weighted by Gasteiger charge is -2.27. The van der Waals surface area contributed by atoms with Crippen LogP contribution in [0.1, 0.15) is 12.8 Å². The number of thiazole rings is 1. The first kappa shape index (κ1) is 13.4. The Hall–Kier alpha value is -1.63. The molecule has 3 rings (SSSR count). The summed E-state index contributed by atoms with van der Waals surface area (Å²) in [7, 11) is 0. The molecule has 0 aliphatic carbocycles. The number of aromatic nitrogens is 2. The van der Waals surface area contributed by atoms with Crippen molar-refractivity contribution in [1.29, 1.82) is 0 Å². The second-order valence-electron chi connectivity index (χ2n) is 4.64. The van der Waals surface area contributed by atoms with Gasteiger partial charge in [-0.3, -0.25) is 0 Å². The van der Waals surface area contributed by atoms with E-state index in [1.165, 1.54) is 16.2 Å². The SMILES string of the molecule is FC(F)(F)[C@H]1CCCN1c1ccc(-c2nccs2)cn1. The minimum Gasteiger partial charge on any atom is -0.345 e. The molecule has 3 heterocycles. The molecule has 1 saturated heterocycles. The molecule has 2 aromatic heterocycles. The highest BCUT2D eigenvalue weighted by molar-refractivity contribution is 7.13. The summed E-state index contributed by atoms with van der Waals surface area (Å²) >= 11 is 1.47. The monoisotopic (exact) mass is 299 g/mol. The molecule has 0 radical (unpaired) electrons. The number of hydrogen-bond donors (Lipinski definition) is 0. The van der Waals surface area contributed by atoms with E-state index in [0.29, 0.717) is 18.8 Å². The summed E-state index contributed by atoms with van der Waals surface area (Å²) in [4.78, 5) is 9.66. The van der Waals surface area contributed by atoms with Crippen LogP contribution < -0.4 is 4.90 Å². The van der Waals surface area contributed by atoms with Gasteiger partial charge in [0.2, 0.25) is 0 Å². The van der Waals surface area contributed by atoms with Crippen molar-refractivity contribution in [3.05, 3.63) is 29.9 Å². The summed E-state index contributed by atoms with van der Waals surface area (Å²) in [6, 6.07) is 1.99. The molecular formula is C13H12F3N3S. The van der Waals surface area contributed by atoms with Crippen LogP contribution in [0.3, 0.4) is 0 Å². The molecule has 0 aromatic carbocycles. The maximum atomic E-state index is 12.9. The maximum absolute atomic E-state index is 12.9. The number of pyridine rings is 1. The normalized spacial score (nSPS) is 19.6. The van der Waals surface area contributed by atoms with Gasteiger partial charge in [-0.05, 0) is 25.0 Å². The third-order valence-corrected chi connectivity index (χ3v) is 4.17. The van der Waals surface area contributed by atoms with Crippen LogP contribution in [0.4, 0.5) is 19.0 Å². The molecular weight excluding hydrogens is 287 g/mol. The van der Waals surface area contributed by atoms with Gasteiger partial charge in [0.05, 0.1) is 0 Å². The lowest BCUT2D eigenvalue weighted by Crippen LogP contribution is -2.41. The van der Waals surface area contributed by atoms with Crippen LogP contribution in [0.2, 0.25) is 0 Å². The van der Waals surface area contributed by atoms with Gasteiger partial charge in [0.1, 0.15) is 16.9 Å². The Balaban J connectivity index is 1.84. The number of hydrogen-bond acceptors (Lipinski definition) is 4. The van der Waals surface area contributed by atoms with Gasteiger partial charge >= 0.3 is 6.18 Å².